The zero-order valence-corrected chi connectivity index (χ0v) is 7.63. The number of halogens is 1. The minimum Gasteiger partial charge on any atom is -0.123 e. The maximum atomic E-state index is 5.95. The molecule has 1 unspecified atom stereocenters. The minimum absolute atomic E-state index is 0.366. The molecule has 1 heteroatoms. The fourth-order valence-electron chi connectivity index (χ4n) is 0.809. The van der Waals surface area contributed by atoms with Crippen LogP contribution in [0.5, 0.6) is 0 Å². The minimum atomic E-state index is 0.366. The van der Waals surface area contributed by atoms with E-state index in [1.54, 1.807) is 0 Å². The molecule has 0 spiro atoms. The van der Waals surface area contributed by atoms with E-state index in [1.807, 2.05) is 0 Å². The van der Waals surface area contributed by atoms with E-state index < -0.39 is 0 Å². The molecule has 0 heterocycles. The average molecular weight is 149 g/mol. The third-order valence-electron chi connectivity index (χ3n) is 1.28. The van der Waals surface area contributed by atoms with Gasteiger partial charge in [0.25, 0.3) is 0 Å². The van der Waals surface area contributed by atoms with Gasteiger partial charge in [-0.15, -0.1) is 11.6 Å². The first-order chi connectivity index (χ1) is 3.95. The van der Waals surface area contributed by atoms with Crippen molar-refractivity contribution in [2.24, 2.45) is 5.41 Å². The van der Waals surface area contributed by atoms with Crippen molar-refractivity contribution >= 4 is 11.6 Å². The third-order valence-corrected chi connectivity index (χ3v) is 1.74. The van der Waals surface area contributed by atoms with Gasteiger partial charge in [-0.1, -0.05) is 27.7 Å². The van der Waals surface area contributed by atoms with E-state index >= 15 is 0 Å². The Balaban J connectivity index is 3.47. The summed E-state index contributed by atoms with van der Waals surface area (Å²) in [4.78, 5) is 0. The molecule has 0 N–H and O–H groups in total. The molecule has 0 aliphatic carbocycles. The zero-order valence-electron chi connectivity index (χ0n) is 6.87. The monoisotopic (exact) mass is 148 g/mol. The van der Waals surface area contributed by atoms with Crippen LogP contribution in [0.3, 0.4) is 0 Å². The normalized spacial score (nSPS) is 15.7. The largest absolute Gasteiger partial charge is 0.123 e. The van der Waals surface area contributed by atoms with E-state index in [1.165, 1.54) is 0 Å². The molecular weight excluding hydrogens is 132 g/mol. The molecule has 0 saturated heterocycles. The maximum absolute atomic E-state index is 5.95. The Bertz CT molecular complexity index is 71.1. The van der Waals surface area contributed by atoms with Crippen molar-refractivity contribution in [2.45, 2.75) is 45.9 Å². The molecule has 0 radical (unpaired) electrons. The van der Waals surface area contributed by atoms with Gasteiger partial charge >= 0.3 is 0 Å². The number of hydrogen-bond donors (Lipinski definition) is 0. The van der Waals surface area contributed by atoms with E-state index in [2.05, 4.69) is 27.7 Å². The quantitative estimate of drug-likeness (QED) is 0.527. The predicted molar refractivity (Wildman–Crippen MR) is 44.0 cm³/mol. The van der Waals surface area contributed by atoms with Crippen molar-refractivity contribution < 1.29 is 0 Å². The molecule has 0 bridgehead atoms. The number of alkyl halides is 1. The molecule has 0 fully saturated rings. The molecule has 0 aromatic rings. The molecule has 0 aliphatic heterocycles. The van der Waals surface area contributed by atoms with Crippen molar-refractivity contribution in [3.8, 4) is 0 Å². The summed E-state index contributed by atoms with van der Waals surface area (Å²) in [6.07, 6.45) is 2.20. The lowest BCUT2D eigenvalue weighted by Crippen LogP contribution is -2.12. The van der Waals surface area contributed by atoms with Gasteiger partial charge in [-0.05, 0) is 18.3 Å². The van der Waals surface area contributed by atoms with Crippen LogP contribution in [-0.2, 0) is 0 Å². The first-order valence-electron chi connectivity index (χ1n) is 3.60. The van der Waals surface area contributed by atoms with Gasteiger partial charge in [0.1, 0.15) is 0 Å². The fraction of sp³-hybridized carbons (Fsp3) is 1.00. The molecule has 0 nitrogen and oxygen atoms in total. The van der Waals surface area contributed by atoms with E-state index in [-0.39, 0.29) is 0 Å². The van der Waals surface area contributed by atoms with Crippen molar-refractivity contribution in [2.75, 3.05) is 0 Å². The van der Waals surface area contributed by atoms with Crippen LogP contribution >= 0.6 is 11.6 Å². The molecule has 9 heavy (non-hydrogen) atoms. The lowest BCUT2D eigenvalue weighted by Gasteiger charge is -2.20. The summed E-state index contributed by atoms with van der Waals surface area (Å²) in [5, 5.41) is 0.366. The SMILES string of the molecule is CCC(Cl)CC(C)(C)C. The Kier molecular flexibility index (Phi) is 3.57. The van der Waals surface area contributed by atoms with Gasteiger partial charge in [0.15, 0.2) is 0 Å². The van der Waals surface area contributed by atoms with Gasteiger partial charge in [0.2, 0.25) is 0 Å². The summed E-state index contributed by atoms with van der Waals surface area (Å²) in [5.41, 5.74) is 0.391. The van der Waals surface area contributed by atoms with Crippen LogP contribution in [0, 0.1) is 5.41 Å². The summed E-state index contributed by atoms with van der Waals surface area (Å²) in [5.74, 6) is 0. The van der Waals surface area contributed by atoms with Crippen LogP contribution in [0.25, 0.3) is 0 Å². The molecule has 56 valence electrons. The van der Waals surface area contributed by atoms with Crippen LogP contribution in [0.1, 0.15) is 40.5 Å². The summed E-state index contributed by atoms with van der Waals surface area (Å²) in [6, 6.07) is 0. The standard InChI is InChI=1S/C8H17Cl/c1-5-7(9)6-8(2,3)4/h7H,5-6H2,1-4H3. The number of rotatable bonds is 2. The van der Waals surface area contributed by atoms with Crippen LogP contribution in [0.15, 0.2) is 0 Å². The average Bonchev–Trinajstić information content (AvgIpc) is 1.62. The van der Waals surface area contributed by atoms with E-state index in [4.69, 9.17) is 11.6 Å². The van der Waals surface area contributed by atoms with Crippen LogP contribution < -0.4 is 0 Å². The molecule has 0 rings (SSSR count). The second-order valence-electron chi connectivity index (χ2n) is 3.77. The Morgan fingerprint density at radius 2 is 1.78 bits per heavy atom. The van der Waals surface area contributed by atoms with Crippen LogP contribution in [0.2, 0.25) is 0 Å². The van der Waals surface area contributed by atoms with E-state index in [0.717, 1.165) is 12.8 Å². The second kappa shape index (κ2) is 3.46. The van der Waals surface area contributed by atoms with Crippen molar-refractivity contribution in [1.29, 1.82) is 0 Å². The first-order valence-corrected chi connectivity index (χ1v) is 4.03. The fourth-order valence-corrected chi connectivity index (χ4v) is 1.27. The van der Waals surface area contributed by atoms with Crippen molar-refractivity contribution in [3.05, 3.63) is 0 Å². The summed E-state index contributed by atoms with van der Waals surface area (Å²) >= 11 is 5.95. The number of hydrogen-bond acceptors (Lipinski definition) is 0. The molecular formula is C8H17Cl. The third kappa shape index (κ3) is 6.17. The Labute approximate surface area is 63.6 Å². The molecule has 0 aromatic heterocycles. The lowest BCUT2D eigenvalue weighted by atomic mass is 9.90. The van der Waals surface area contributed by atoms with Gasteiger partial charge in [0.05, 0.1) is 0 Å². The van der Waals surface area contributed by atoms with Gasteiger partial charge < -0.3 is 0 Å². The molecule has 0 saturated carbocycles. The van der Waals surface area contributed by atoms with Crippen molar-refractivity contribution in [3.63, 3.8) is 0 Å². The Morgan fingerprint density at radius 3 is 1.89 bits per heavy atom. The molecule has 0 aliphatic rings. The Morgan fingerprint density at radius 1 is 1.33 bits per heavy atom. The Hall–Kier alpha value is 0.290. The first kappa shape index (κ1) is 9.29. The van der Waals surface area contributed by atoms with Crippen molar-refractivity contribution in [1.82, 2.24) is 0 Å². The van der Waals surface area contributed by atoms with Gasteiger partial charge in [-0.3, -0.25) is 0 Å². The highest BCUT2D eigenvalue weighted by molar-refractivity contribution is 6.20. The van der Waals surface area contributed by atoms with Gasteiger partial charge in [-0.25, -0.2) is 0 Å². The maximum Gasteiger partial charge on any atom is 0.0338 e. The zero-order chi connectivity index (χ0) is 7.49. The summed E-state index contributed by atoms with van der Waals surface area (Å²) < 4.78 is 0. The molecule has 1 atom stereocenters. The van der Waals surface area contributed by atoms with Crippen LogP contribution in [0.4, 0.5) is 0 Å². The summed E-state index contributed by atoms with van der Waals surface area (Å²) in [7, 11) is 0. The highest BCUT2D eigenvalue weighted by atomic mass is 35.5. The smallest absolute Gasteiger partial charge is 0.0338 e. The highest BCUT2D eigenvalue weighted by Crippen LogP contribution is 2.24. The van der Waals surface area contributed by atoms with Crippen LogP contribution in [-0.4, -0.2) is 5.38 Å². The lowest BCUT2D eigenvalue weighted by molar-refractivity contribution is 0.367. The molecule has 0 amide bonds. The van der Waals surface area contributed by atoms with E-state index in [9.17, 15) is 0 Å². The topological polar surface area (TPSA) is 0 Å². The van der Waals surface area contributed by atoms with E-state index in [0.29, 0.717) is 10.8 Å². The summed E-state index contributed by atoms with van der Waals surface area (Å²) in [6.45, 7) is 8.79. The predicted octanol–water partition coefficient (Wildman–Crippen LogP) is 3.44. The van der Waals surface area contributed by atoms with Gasteiger partial charge in [-0.2, -0.15) is 0 Å². The second-order valence-corrected chi connectivity index (χ2v) is 4.39. The van der Waals surface area contributed by atoms with Gasteiger partial charge in [0, 0.05) is 5.38 Å². The highest BCUT2D eigenvalue weighted by Gasteiger charge is 2.14. The molecule has 0 aromatic carbocycles.